The highest BCUT2D eigenvalue weighted by molar-refractivity contribution is 5.92. The third-order valence-electron chi connectivity index (χ3n) is 5.49. The van der Waals surface area contributed by atoms with Crippen molar-refractivity contribution in [2.75, 3.05) is 32.7 Å². The summed E-state index contributed by atoms with van der Waals surface area (Å²) in [5.41, 5.74) is 1.80. The van der Waals surface area contributed by atoms with Crippen molar-refractivity contribution in [2.24, 2.45) is 0 Å². The van der Waals surface area contributed by atoms with Gasteiger partial charge in [0, 0.05) is 38.3 Å². The van der Waals surface area contributed by atoms with Crippen LogP contribution >= 0.6 is 12.4 Å². The molecule has 0 bridgehead atoms. The van der Waals surface area contributed by atoms with E-state index < -0.39 is 0 Å². The predicted molar refractivity (Wildman–Crippen MR) is 112 cm³/mol. The average Bonchev–Trinajstić information content (AvgIpc) is 3.10. The van der Waals surface area contributed by atoms with Gasteiger partial charge in [-0.15, -0.1) is 12.4 Å². The van der Waals surface area contributed by atoms with Crippen LogP contribution in [0, 0.1) is 6.92 Å². The van der Waals surface area contributed by atoms with Crippen LogP contribution in [0.3, 0.4) is 0 Å². The van der Waals surface area contributed by atoms with E-state index in [0.717, 1.165) is 24.9 Å². The summed E-state index contributed by atoms with van der Waals surface area (Å²) in [4.78, 5) is 41.2. The number of nitrogens with zero attached hydrogens (tertiary/aromatic N) is 3. The Balaban J connectivity index is 0.00000240. The number of carbonyl (C=O) groups is 2. The Hall–Kier alpha value is -2.58. The van der Waals surface area contributed by atoms with E-state index in [-0.39, 0.29) is 41.5 Å². The molecule has 0 radical (unpaired) electrons. The highest BCUT2D eigenvalue weighted by Crippen LogP contribution is 2.18. The zero-order chi connectivity index (χ0) is 19.7. The minimum Gasteiger partial charge on any atom is -0.336 e. The molecule has 2 N–H and O–H groups in total. The summed E-state index contributed by atoms with van der Waals surface area (Å²) in [6.45, 7) is 4.92. The van der Waals surface area contributed by atoms with Gasteiger partial charge >= 0.3 is 0 Å². The van der Waals surface area contributed by atoms with Crippen LogP contribution in [0.4, 0.5) is 0 Å². The summed E-state index contributed by atoms with van der Waals surface area (Å²) >= 11 is 0. The van der Waals surface area contributed by atoms with Gasteiger partial charge in [0.1, 0.15) is 5.69 Å². The lowest BCUT2D eigenvalue weighted by atomic mass is 10.0. The molecule has 1 unspecified atom stereocenters. The topological polar surface area (TPSA) is 90.4 Å². The molecular weight excluding hydrogens is 394 g/mol. The number of hydrogen-bond donors (Lipinski definition) is 2. The van der Waals surface area contributed by atoms with Crippen molar-refractivity contribution in [2.45, 2.75) is 25.8 Å². The van der Waals surface area contributed by atoms with E-state index in [1.165, 1.54) is 10.7 Å². The third-order valence-corrected chi connectivity index (χ3v) is 5.49. The fraction of sp³-hybridized carbons (Fsp3) is 0.450. The first kappa shape index (κ1) is 21.1. The van der Waals surface area contributed by atoms with Gasteiger partial charge in [-0.25, -0.2) is 4.68 Å². The molecule has 1 aromatic carbocycles. The molecule has 9 heteroatoms. The highest BCUT2D eigenvalue weighted by atomic mass is 35.5. The Morgan fingerprint density at radius 1 is 1.14 bits per heavy atom. The maximum Gasteiger partial charge on any atom is 0.272 e. The standard InChI is InChI=1S/C20H25N5O3.ClH/c1-14-4-6-15(7-5-14)25-18(26)11-17(22-25)20(28)23-9-2-3-16(13-23)24-10-8-21-12-19(24)27;/h4-7,11,16,21-22H,2-3,8-10,12-13H2,1H3;1H. The van der Waals surface area contributed by atoms with Gasteiger partial charge in [-0.05, 0) is 31.9 Å². The van der Waals surface area contributed by atoms with Crippen molar-refractivity contribution in [3.63, 3.8) is 0 Å². The van der Waals surface area contributed by atoms with Crippen LogP contribution in [-0.2, 0) is 4.79 Å². The lowest BCUT2D eigenvalue weighted by molar-refractivity contribution is -0.135. The number of piperazine rings is 1. The van der Waals surface area contributed by atoms with Crippen LogP contribution in [0.25, 0.3) is 5.69 Å². The number of aryl methyl sites for hydroxylation is 1. The van der Waals surface area contributed by atoms with E-state index in [4.69, 9.17) is 0 Å². The highest BCUT2D eigenvalue weighted by Gasteiger charge is 2.32. The number of benzene rings is 1. The van der Waals surface area contributed by atoms with Crippen LogP contribution in [0.2, 0.25) is 0 Å². The molecule has 29 heavy (non-hydrogen) atoms. The van der Waals surface area contributed by atoms with Crippen LogP contribution < -0.4 is 10.9 Å². The molecule has 4 rings (SSSR count). The summed E-state index contributed by atoms with van der Waals surface area (Å²) in [6.07, 6.45) is 1.74. The lowest BCUT2D eigenvalue weighted by Gasteiger charge is -2.41. The number of hydrogen-bond acceptors (Lipinski definition) is 4. The molecule has 2 aliphatic heterocycles. The van der Waals surface area contributed by atoms with Crippen molar-refractivity contribution in [1.29, 1.82) is 0 Å². The normalized spacial score (nSPS) is 19.8. The van der Waals surface area contributed by atoms with Gasteiger partial charge < -0.3 is 15.1 Å². The Bertz CT molecular complexity index is 936. The van der Waals surface area contributed by atoms with Crippen molar-refractivity contribution in [3.05, 3.63) is 51.9 Å². The molecule has 1 atom stereocenters. The summed E-state index contributed by atoms with van der Waals surface area (Å²) in [5, 5.41) is 6.02. The SMILES string of the molecule is Cc1ccc(-n2[nH]c(C(=O)N3CCCC(N4CCNCC4=O)C3)cc2=O)cc1.Cl. The fourth-order valence-corrected chi connectivity index (χ4v) is 3.96. The van der Waals surface area contributed by atoms with E-state index in [1.54, 1.807) is 4.90 Å². The molecule has 2 saturated heterocycles. The summed E-state index contributed by atoms with van der Waals surface area (Å²) in [7, 11) is 0. The first-order valence-electron chi connectivity index (χ1n) is 9.71. The van der Waals surface area contributed by atoms with Gasteiger partial charge in [-0.3, -0.25) is 19.5 Å². The Kier molecular flexibility index (Phi) is 6.44. The number of rotatable bonds is 3. The number of aromatic amines is 1. The molecule has 8 nitrogen and oxygen atoms in total. The average molecular weight is 420 g/mol. The van der Waals surface area contributed by atoms with E-state index >= 15 is 0 Å². The van der Waals surface area contributed by atoms with E-state index in [0.29, 0.717) is 31.9 Å². The van der Waals surface area contributed by atoms with Gasteiger partial charge in [0.2, 0.25) is 5.91 Å². The largest absolute Gasteiger partial charge is 0.336 e. The van der Waals surface area contributed by atoms with Crippen molar-refractivity contribution < 1.29 is 9.59 Å². The van der Waals surface area contributed by atoms with Crippen LogP contribution in [0.15, 0.2) is 35.1 Å². The van der Waals surface area contributed by atoms with Crippen molar-refractivity contribution >= 4 is 24.2 Å². The van der Waals surface area contributed by atoms with E-state index in [1.807, 2.05) is 36.1 Å². The number of likely N-dealkylation sites (tertiary alicyclic amines) is 1. The molecule has 0 saturated carbocycles. The predicted octanol–water partition coefficient (Wildman–Crippen LogP) is 0.932. The second-order valence-electron chi connectivity index (χ2n) is 7.49. The van der Waals surface area contributed by atoms with Gasteiger partial charge in [0.15, 0.2) is 0 Å². The van der Waals surface area contributed by atoms with Crippen LogP contribution in [0.5, 0.6) is 0 Å². The molecular formula is C20H26ClN5O3. The minimum absolute atomic E-state index is 0. The van der Waals surface area contributed by atoms with Crippen LogP contribution in [-0.4, -0.2) is 70.2 Å². The molecule has 2 aliphatic rings. The zero-order valence-corrected chi connectivity index (χ0v) is 17.2. The van der Waals surface area contributed by atoms with Gasteiger partial charge in [0.25, 0.3) is 11.5 Å². The maximum absolute atomic E-state index is 13.0. The number of amides is 2. The Morgan fingerprint density at radius 2 is 1.90 bits per heavy atom. The second-order valence-corrected chi connectivity index (χ2v) is 7.49. The molecule has 2 fully saturated rings. The summed E-state index contributed by atoms with van der Waals surface area (Å²) < 4.78 is 1.38. The third kappa shape index (κ3) is 4.38. The summed E-state index contributed by atoms with van der Waals surface area (Å²) in [5.74, 6) is -0.111. The Morgan fingerprint density at radius 3 is 2.62 bits per heavy atom. The van der Waals surface area contributed by atoms with Crippen molar-refractivity contribution in [1.82, 2.24) is 24.9 Å². The first-order chi connectivity index (χ1) is 13.5. The molecule has 156 valence electrons. The first-order valence-corrected chi connectivity index (χ1v) is 9.71. The van der Waals surface area contributed by atoms with Crippen LogP contribution in [0.1, 0.15) is 28.9 Å². The maximum atomic E-state index is 13.0. The monoisotopic (exact) mass is 419 g/mol. The molecule has 3 heterocycles. The van der Waals surface area contributed by atoms with E-state index in [2.05, 4.69) is 10.4 Å². The molecule has 2 amide bonds. The number of halogens is 1. The van der Waals surface area contributed by atoms with Gasteiger partial charge in [-0.2, -0.15) is 0 Å². The number of nitrogens with one attached hydrogen (secondary N) is 2. The lowest BCUT2D eigenvalue weighted by Crippen LogP contribution is -2.57. The molecule has 0 aliphatic carbocycles. The fourth-order valence-electron chi connectivity index (χ4n) is 3.96. The van der Waals surface area contributed by atoms with Gasteiger partial charge in [-0.1, -0.05) is 17.7 Å². The van der Waals surface area contributed by atoms with Gasteiger partial charge in [0.05, 0.1) is 12.2 Å². The quantitative estimate of drug-likeness (QED) is 0.774. The van der Waals surface area contributed by atoms with E-state index in [9.17, 15) is 14.4 Å². The van der Waals surface area contributed by atoms with Crippen molar-refractivity contribution in [3.8, 4) is 5.69 Å². The molecule has 1 aromatic heterocycles. The molecule has 0 spiro atoms. The smallest absolute Gasteiger partial charge is 0.272 e. The minimum atomic E-state index is -0.266. The number of piperidine rings is 1. The Labute approximate surface area is 175 Å². The number of H-pyrrole nitrogens is 1. The summed E-state index contributed by atoms with van der Waals surface area (Å²) in [6, 6.07) is 8.91. The number of carbonyl (C=O) groups excluding carboxylic acids is 2. The number of aromatic nitrogens is 2. The zero-order valence-electron chi connectivity index (χ0n) is 16.4. The molecule has 2 aromatic rings. The second kappa shape index (κ2) is 8.84.